The summed E-state index contributed by atoms with van der Waals surface area (Å²) in [5.74, 6) is -5.72. The van der Waals surface area contributed by atoms with E-state index in [0.29, 0.717) is 0 Å². The summed E-state index contributed by atoms with van der Waals surface area (Å²) in [7, 11) is 0. The molecule has 0 fully saturated rings. The molecule has 0 amide bonds. The number of ketones is 1. The van der Waals surface area contributed by atoms with Crippen molar-refractivity contribution >= 4 is 23.7 Å². The molecule has 1 atom stereocenters. The topological polar surface area (TPSA) is 133 Å². The van der Waals surface area contributed by atoms with Crippen LogP contribution >= 0.6 is 0 Å². The minimum atomic E-state index is -1.92. The Kier molecular flexibility index (Phi) is 5.71. The normalized spacial score (nSPS) is 11.4. The van der Waals surface area contributed by atoms with Gasteiger partial charge in [-0.1, -0.05) is 0 Å². The van der Waals surface area contributed by atoms with E-state index in [2.05, 4.69) is 9.47 Å². The van der Waals surface area contributed by atoms with E-state index in [-0.39, 0.29) is 6.61 Å². The fourth-order valence-corrected chi connectivity index (χ4v) is 0.728. The summed E-state index contributed by atoms with van der Waals surface area (Å²) in [4.78, 5) is 43.0. The van der Waals surface area contributed by atoms with Gasteiger partial charge in [0.05, 0.1) is 13.2 Å². The molecule has 0 saturated heterocycles. The Labute approximate surface area is 90.3 Å². The van der Waals surface area contributed by atoms with Gasteiger partial charge in [0.15, 0.2) is 5.78 Å². The van der Waals surface area contributed by atoms with E-state index in [1.54, 1.807) is 0 Å². The zero-order valence-corrected chi connectivity index (χ0v) is 8.47. The molecule has 0 bridgehead atoms. The van der Waals surface area contributed by atoms with Crippen LogP contribution in [0.3, 0.4) is 0 Å². The fourth-order valence-electron chi connectivity index (χ4n) is 0.728. The van der Waals surface area contributed by atoms with Crippen molar-refractivity contribution in [2.24, 2.45) is 5.73 Å². The largest absolute Gasteiger partial charge is 0.473 e. The highest BCUT2D eigenvalue weighted by atomic mass is 16.6. The number of hydrogen-bond donors (Lipinski definition) is 2. The maximum Gasteiger partial charge on any atom is 0.418 e. The van der Waals surface area contributed by atoms with Crippen LogP contribution in [0.15, 0.2) is 0 Å². The van der Waals surface area contributed by atoms with Gasteiger partial charge in [-0.2, -0.15) is 0 Å². The summed E-state index contributed by atoms with van der Waals surface area (Å²) in [5.41, 5.74) is 4.96. The molecule has 16 heavy (non-hydrogen) atoms. The van der Waals surface area contributed by atoms with Gasteiger partial charge in [0.2, 0.25) is 0 Å². The number of Topliss-reactive ketones (excluding diaryl/α,β-unsaturated/α-hetero) is 1. The number of carbonyl (C=O) groups excluding carboxylic acids is 3. The Morgan fingerprint density at radius 3 is 2.25 bits per heavy atom. The number of nitrogens with two attached hydrogens (primary N) is 1. The van der Waals surface area contributed by atoms with Crippen LogP contribution in [0.25, 0.3) is 0 Å². The zero-order chi connectivity index (χ0) is 12.7. The first-order valence-corrected chi connectivity index (χ1v) is 4.27. The van der Waals surface area contributed by atoms with E-state index in [9.17, 15) is 19.2 Å². The van der Waals surface area contributed by atoms with Crippen LogP contribution in [-0.2, 0) is 28.7 Å². The lowest BCUT2D eigenvalue weighted by molar-refractivity contribution is -0.176. The molecule has 3 N–H and O–H groups in total. The third-order valence-corrected chi connectivity index (χ3v) is 1.39. The Bertz CT molecular complexity index is 312. The van der Waals surface area contributed by atoms with Gasteiger partial charge in [-0.05, 0) is 6.92 Å². The summed E-state index contributed by atoms with van der Waals surface area (Å²) >= 11 is 0. The highest BCUT2D eigenvalue weighted by Gasteiger charge is 2.32. The molecule has 90 valence electrons. The van der Waals surface area contributed by atoms with Gasteiger partial charge >= 0.3 is 17.9 Å². The highest BCUT2D eigenvalue weighted by molar-refractivity contribution is 6.29. The van der Waals surface area contributed by atoms with Crippen molar-refractivity contribution in [1.29, 1.82) is 0 Å². The van der Waals surface area contributed by atoms with E-state index in [1.165, 1.54) is 6.92 Å². The first-order chi connectivity index (χ1) is 7.43. The molecular weight excluding hydrogens is 222 g/mol. The van der Waals surface area contributed by atoms with Crippen LogP contribution < -0.4 is 5.73 Å². The minimum absolute atomic E-state index is 0.0438. The number of hydrogen-bond acceptors (Lipinski definition) is 7. The highest BCUT2D eigenvalue weighted by Crippen LogP contribution is 1.99. The molecule has 8 nitrogen and oxygen atoms in total. The molecule has 0 aromatic rings. The van der Waals surface area contributed by atoms with Crippen LogP contribution in [0.5, 0.6) is 0 Å². The number of rotatable bonds is 5. The van der Waals surface area contributed by atoms with Crippen LogP contribution in [0.2, 0.25) is 0 Å². The number of esters is 2. The molecule has 0 aliphatic carbocycles. The number of aliphatic carboxylic acids is 1. The number of ether oxygens (including phenoxy) is 2. The molecular formula is C8H11NO7. The van der Waals surface area contributed by atoms with Crippen LogP contribution in [0.1, 0.15) is 6.92 Å². The van der Waals surface area contributed by atoms with E-state index >= 15 is 0 Å². The van der Waals surface area contributed by atoms with Crippen molar-refractivity contribution < 1.29 is 33.8 Å². The Morgan fingerprint density at radius 2 is 1.88 bits per heavy atom. The fraction of sp³-hybridized carbons (Fsp3) is 0.500. The Morgan fingerprint density at radius 1 is 1.31 bits per heavy atom. The van der Waals surface area contributed by atoms with Gasteiger partial charge in [0, 0.05) is 0 Å². The second-order valence-corrected chi connectivity index (χ2v) is 2.51. The quantitative estimate of drug-likeness (QED) is 0.318. The van der Waals surface area contributed by atoms with Crippen LogP contribution in [0, 0.1) is 0 Å². The van der Waals surface area contributed by atoms with E-state index < -0.39 is 36.3 Å². The van der Waals surface area contributed by atoms with Crippen molar-refractivity contribution in [3.05, 3.63) is 0 Å². The number of carbonyl (C=O) groups is 4. The standard InChI is InChI=1S/C8H11NO7/c1-2-15-7(13)5(4(10)3-9)16-8(14)6(11)12/h5H,2-3,9H2,1H3,(H,11,12). The van der Waals surface area contributed by atoms with E-state index in [0.717, 1.165) is 0 Å². The molecule has 0 aromatic carbocycles. The summed E-state index contributed by atoms with van der Waals surface area (Å²) < 4.78 is 8.56. The van der Waals surface area contributed by atoms with Crippen molar-refractivity contribution in [3.8, 4) is 0 Å². The van der Waals surface area contributed by atoms with E-state index in [1.807, 2.05) is 0 Å². The summed E-state index contributed by atoms with van der Waals surface area (Å²) in [6.07, 6.45) is -1.92. The second-order valence-electron chi connectivity index (χ2n) is 2.51. The Hall–Kier alpha value is -1.96. The van der Waals surface area contributed by atoms with Crippen molar-refractivity contribution in [1.82, 2.24) is 0 Å². The van der Waals surface area contributed by atoms with Gasteiger partial charge in [-0.25, -0.2) is 14.4 Å². The lowest BCUT2D eigenvalue weighted by Crippen LogP contribution is -2.41. The third kappa shape index (κ3) is 4.05. The molecule has 0 aromatic heterocycles. The first-order valence-electron chi connectivity index (χ1n) is 4.27. The molecule has 0 rings (SSSR count). The molecule has 0 saturated carbocycles. The molecule has 0 spiro atoms. The summed E-state index contributed by atoms with van der Waals surface area (Å²) in [6, 6.07) is 0. The molecule has 0 radical (unpaired) electrons. The predicted molar refractivity (Wildman–Crippen MR) is 48.2 cm³/mol. The second kappa shape index (κ2) is 6.51. The van der Waals surface area contributed by atoms with Gasteiger partial charge in [0.1, 0.15) is 0 Å². The molecule has 8 heteroatoms. The van der Waals surface area contributed by atoms with Gasteiger partial charge in [0.25, 0.3) is 6.10 Å². The third-order valence-electron chi connectivity index (χ3n) is 1.39. The lowest BCUT2D eigenvalue weighted by atomic mass is 10.2. The number of carboxylic acids is 1. The maximum absolute atomic E-state index is 11.1. The monoisotopic (exact) mass is 233 g/mol. The summed E-state index contributed by atoms with van der Waals surface area (Å²) in [5, 5.41) is 8.23. The molecule has 0 aliphatic rings. The Balaban J connectivity index is 4.68. The molecule has 1 unspecified atom stereocenters. The zero-order valence-electron chi connectivity index (χ0n) is 8.47. The van der Waals surface area contributed by atoms with Gasteiger partial charge < -0.3 is 20.3 Å². The molecule has 0 aliphatic heterocycles. The number of carboxylic acid groups (broad SMARTS) is 1. The van der Waals surface area contributed by atoms with Gasteiger partial charge in [-0.3, -0.25) is 4.79 Å². The van der Waals surface area contributed by atoms with Crippen LogP contribution in [-0.4, -0.2) is 48.1 Å². The lowest BCUT2D eigenvalue weighted by Gasteiger charge is -2.12. The SMILES string of the molecule is CCOC(=O)C(OC(=O)C(=O)O)C(=O)CN. The minimum Gasteiger partial charge on any atom is -0.473 e. The van der Waals surface area contributed by atoms with Gasteiger partial charge in [-0.15, -0.1) is 0 Å². The van der Waals surface area contributed by atoms with E-state index in [4.69, 9.17) is 10.8 Å². The van der Waals surface area contributed by atoms with Crippen molar-refractivity contribution in [2.45, 2.75) is 13.0 Å². The predicted octanol–water partition coefficient (Wildman–Crippen LogP) is -1.93. The summed E-state index contributed by atoms with van der Waals surface area (Å²) in [6.45, 7) is 0.856. The first kappa shape index (κ1) is 14.0. The average Bonchev–Trinajstić information content (AvgIpc) is 2.24. The maximum atomic E-state index is 11.1. The average molecular weight is 233 g/mol. The van der Waals surface area contributed by atoms with Crippen molar-refractivity contribution in [3.63, 3.8) is 0 Å². The van der Waals surface area contributed by atoms with Crippen molar-refractivity contribution in [2.75, 3.05) is 13.2 Å². The molecule has 0 heterocycles. The van der Waals surface area contributed by atoms with Crippen LogP contribution in [0.4, 0.5) is 0 Å². The smallest absolute Gasteiger partial charge is 0.418 e.